The van der Waals surface area contributed by atoms with Crippen molar-refractivity contribution >= 4 is 55.5 Å². The lowest BCUT2D eigenvalue weighted by Gasteiger charge is -2.24. The highest BCUT2D eigenvalue weighted by Gasteiger charge is 2.27. The first kappa shape index (κ1) is 29.0. The van der Waals surface area contributed by atoms with Crippen LogP contribution in [0.2, 0.25) is 0 Å². The van der Waals surface area contributed by atoms with Crippen molar-refractivity contribution in [1.82, 2.24) is 4.98 Å². The van der Waals surface area contributed by atoms with E-state index in [4.69, 9.17) is 4.98 Å². The highest BCUT2D eigenvalue weighted by Crippen LogP contribution is 2.36. The van der Waals surface area contributed by atoms with Crippen molar-refractivity contribution in [3.8, 4) is 11.3 Å². The van der Waals surface area contributed by atoms with Crippen molar-refractivity contribution in [2.45, 2.75) is 52.4 Å². The van der Waals surface area contributed by atoms with Crippen molar-refractivity contribution in [3.05, 3.63) is 145 Å². The van der Waals surface area contributed by atoms with Gasteiger partial charge in [-0.2, -0.15) is 0 Å². The predicted octanol–water partition coefficient (Wildman–Crippen LogP) is 9.32. The summed E-state index contributed by atoms with van der Waals surface area (Å²) in [6.45, 7) is 13.7. The number of fused-ring (bicyclic) bond motifs is 5. The molecular weight excluding hydrogens is 541 g/mol. The summed E-state index contributed by atoms with van der Waals surface area (Å²) in [6, 6.07) is 49.3. The third-order valence-corrected chi connectivity index (χ3v) is 9.32. The maximum atomic E-state index is 5.30. The van der Waals surface area contributed by atoms with Crippen molar-refractivity contribution in [3.63, 3.8) is 0 Å². The van der Waals surface area contributed by atoms with Crippen LogP contribution in [0.15, 0.2) is 133 Å². The minimum atomic E-state index is 0.0532. The smallest absolute Gasteiger partial charge is 0.242 e. The molecule has 1 aromatic heterocycles. The molecule has 7 aromatic rings. The number of hydrogen-bond donors (Lipinski definition) is 0. The van der Waals surface area contributed by atoms with E-state index in [2.05, 4.69) is 175 Å². The van der Waals surface area contributed by atoms with E-state index in [-0.39, 0.29) is 17.5 Å². The van der Waals surface area contributed by atoms with E-state index in [9.17, 15) is 0 Å². The van der Waals surface area contributed by atoms with Gasteiger partial charge in [0.2, 0.25) is 6.71 Å². The summed E-state index contributed by atoms with van der Waals surface area (Å²) in [5.41, 5.74) is 9.96. The topological polar surface area (TPSA) is 12.9 Å². The van der Waals surface area contributed by atoms with Gasteiger partial charge in [-0.25, -0.2) is 4.98 Å². The lowest BCUT2D eigenvalue weighted by atomic mass is 9.36. The molecule has 0 saturated heterocycles. The fourth-order valence-electron chi connectivity index (χ4n) is 6.80. The molecular formula is C43H40BN. The van der Waals surface area contributed by atoms with Gasteiger partial charge in [-0.15, -0.1) is 0 Å². The third kappa shape index (κ3) is 5.33. The van der Waals surface area contributed by atoms with Crippen molar-refractivity contribution < 1.29 is 0 Å². The zero-order valence-electron chi connectivity index (χ0n) is 27.2. The molecule has 0 aliphatic heterocycles. The van der Waals surface area contributed by atoms with Crippen LogP contribution < -0.4 is 16.4 Å². The number of para-hydroxylation sites is 1. The number of rotatable bonds is 4. The van der Waals surface area contributed by atoms with E-state index >= 15 is 0 Å². The van der Waals surface area contributed by atoms with Gasteiger partial charge in [-0.1, -0.05) is 185 Å². The Kier molecular flexibility index (Phi) is 7.12. The molecule has 0 aliphatic carbocycles. The van der Waals surface area contributed by atoms with Gasteiger partial charge in [0.25, 0.3) is 0 Å². The van der Waals surface area contributed by atoms with Crippen LogP contribution in [0.4, 0.5) is 0 Å². The quantitative estimate of drug-likeness (QED) is 0.149. The summed E-state index contributed by atoms with van der Waals surface area (Å²) in [4.78, 5) is 5.30. The van der Waals surface area contributed by atoms with E-state index < -0.39 is 0 Å². The Hall–Kier alpha value is -4.69. The molecule has 0 N–H and O–H groups in total. The van der Waals surface area contributed by atoms with E-state index in [1.165, 1.54) is 54.4 Å². The first-order valence-electron chi connectivity index (χ1n) is 16.1. The van der Waals surface area contributed by atoms with Gasteiger partial charge in [0.1, 0.15) is 0 Å². The highest BCUT2D eigenvalue weighted by atomic mass is 14.7. The molecule has 0 aliphatic rings. The SMILES string of the molecule is CC(C)(C)c1ccc(B(c2ccc(C(C)(C)C)cc2)c2cc3c(-c4ccccc4)nc4ccccc4c3c3ccccc23)cc1. The maximum absolute atomic E-state index is 5.30. The van der Waals surface area contributed by atoms with Crippen LogP contribution in [0.3, 0.4) is 0 Å². The Morgan fingerprint density at radius 3 is 1.51 bits per heavy atom. The summed E-state index contributed by atoms with van der Waals surface area (Å²) >= 11 is 0. The van der Waals surface area contributed by atoms with Crippen LogP contribution in [0.25, 0.3) is 43.7 Å². The van der Waals surface area contributed by atoms with Crippen molar-refractivity contribution in [1.29, 1.82) is 0 Å². The molecule has 0 spiro atoms. The summed E-state index contributed by atoms with van der Waals surface area (Å²) in [7, 11) is 0. The molecule has 0 saturated carbocycles. The third-order valence-electron chi connectivity index (χ3n) is 9.32. The highest BCUT2D eigenvalue weighted by molar-refractivity contribution is 6.97. The average Bonchev–Trinajstić information content (AvgIpc) is 3.04. The van der Waals surface area contributed by atoms with Gasteiger partial charge in [0, 0.05) is 21.7 Å². The molecule has 0 atom stereocenters. The second-order valence-electron chi connectivity index (χ2n) is 14.5. The Balaban J connectivity index is 1.58. The van der Waals surface area contributed by atoms with Gasteiger partial charge in [0.05, 0.1) is 11.2 Å². The van der Waals surface area contributed by atoms with Crippen molar-refractivity contribution in [2.24, 2.45) is 0 Å². The zero-order chi connectivity index (χ0) is 31.3. The number of pyridine rings is 1. The minimum absolute atomic E-state index is 0.0532. The monoisotopic (exact) mass is 581 g/mol. The number of benzene rings is 6. The van der Waals surface area contributed by atoms with Crippen LogP contribution in [0, 0.1) is 0 Å². The standard InChI is InChI=1S/C43H40BN/c1-42(2,3)30-20-24-32(25-21-30)44(33-26-22-31(23-27-33)43(4,5)6)38-28-37-40(35-17-11-10-16-34(35)38)36-18-12-13-19-39(36)45-41(37)29-14-8-7-9-15-29/h7-28H,1-6H3. The van der Waals surface area contributed by atoms with Gasteiger partial charge < -0.3 is 0 Å². The van der Waals surface area contributed by atoms with E-state index in [1.54, 1.807) is 0 Å². The summed E-state index contributed by atoms with van der Waals surface area (Å²) in [5, 5.41) is 6.20. The first-order chi connectivity index (χ1) is 21.6. The minimum Gasteiger partial charge on any atom is -0.247 e. The predicted molar refractivity (Wildman–Crippen MR) is 197 cm³/mol. The molecule has 0 fully saturated rings. The van der Waals surface area contributed by atoms with Gasteiger partial charge in [0.15, 0.2) is 0 Å². The Labute approximate surface area is 268 Å². The van der Waals surface area contributed by atoms with Crippen LogP contribution >= 0.6 is 0 Å². The van der Waals surface area contributed by atoms with Gasteiger partial charge in [-0.05, 0) is 38.8 Å². The van der Waals surface area contributed by atoms with Crippen LogP contribution in [0.1, 0.15) is 52.7 Å². The fourth-order valence-corrected chi connectivity index (χ4v) is 6.80. The van der Waals surface area contributed by atoms with Gasteiger partial charge >= 0.3 is 0 Å². The van der Waals surface area contributed by atoms with Crippen LogP contribution in [-0.2, 0) is 10.8 Å². The molecule has 7 rings (SSSR count). The average molecular weight is 582 g/mol. The van der Waals surface area contributed by atoms with E-state index in [0.717, 1.165) is 16.8 Å². The normalized spacial score (nSPS) is 12.2. The fraction of sp³-hybridized carbons (Fsp3) is 0.186. The Bertz CT molecular complexity index is 2090. The summed E-state index contributed by atoms with van der Waals surface area (Å²) in [6.07, 6.45) is 0. The lowest BCUT2D eigenvalue weighted by molar-refractivity contribution is 0.590. The second-order valence-corrected chi connectivity index (χ2v) is 14.5. The molecule has 6 aromatic carbocycles. The van der Waals surface area contributed by atoms with Gasteiger partial charge in [-0.3, -0.25) is 0 Å². The zero-order valence-corrected chi connectivity index (χ0v) is 27.2. The van der Waals surface area contributed by atoms with E-state index in [1.807, 2.05) is 0 Å². The molecule has 1 nitrogen and oxygen atoms in total. The number of aromatic nitrogens is 1. The second kappa shape index (κ2) is 11.0. The van der Waals surface area contributed by atoms with Crippen molar-refractivity contribution in [2.75, 3.05) is 0 Å². The first-order valence-corrected chi connectivity index (χ1v) is 16.1. The largest absolute Gasteiger partial charge is 0.247 e. The van der Waals surface area contributed by atoms with E-state index in [0.29, 0.717) is 0 Å². The molecule has 1 heterocycles. The lowest BCUT2D eigenvalue weighted by Crippen LogP contribution is -2.52. The molecule has 2 heteroatoms. The molecule has 0 bridgehead atoms. The molecule has 45 heavy (non-hydrogen) atoms. The number of nitrogens with zero attached hydrogens (tertiary/aromatic N) is 1. The Morgan fingerprint density at radius 2 is 0.956 bits per heavy atom. The number of hydrogen-bond acceptors (Lipinski definition) is 1. The molecule has 220 valence electrons. The van der Waals surface area contributed by atoms with Crippen LogP contribution in [0.5, 0.6) is 0 Å². The molecule has 0 amide bonds. The Morgan fingerprint density at radius 1 is 0.467 bits per heavy atom. The summed E-state index contributed by atoms with van der Waals surface area (Å²) in [5.74, 6) is 0. The molecule has 0 unspecified atom stereocenters. The van der Waals surface area contributed by atoms with Crippen LogP contribution in [-0.4, -0.2) is 11.7 Å². The maximum Gasteiger partial charge on any atom is 0.242 e. The molecule has 0 radical (unpaired) electrons. The summed E-state index contributed by atoms with van der Waals surface area (Å²) < 4.78 is 0.